The molecule has 0 unspecified atom stereocenters. The SMILES string of the molecule is COc1ccc(Cc2cnc([C@H]3CCCN(C(=O)COc4ccc(OC)cc4)C3)o2)cc1. The van der Waals surface area contributed by atoms with Gasteiger partial charge in [-0.25, -0.2) is 4.98 Å². The Bertz CT molecular complexity index is 1010. The molecule has 1 saturated heterocycles. The van der Waals surface area contributed by atoms with Gasteiger partial charge < -0.3 is 23.5 Å². The van der Waals surface area contributed by atoms with E-state index in [0.717, 1.165) is 42.2 Å². The van der Waals surface area contributed by atoms with E-state index >= 15 is 0 Å². The molecule has 1 aliphatic heterocycles. The highest BCUT2D eigenvalue weighted by Gasteiger charge is 2.28. The number of piperidine rings is 1. The molecular weight excluding hydrogens is 408 g/mol. The zero-order valence-electron chi connectivity index (χ0n) is 18.5. The number of aromatic nitrogens is 1. The molecule has 1 aromatic heterocycles. The molecule has 0 aliphatic carbocycles. The van der Waals surface area contributed by atoms with Crippen molar-refractivity contribution >= 4 is 5.91 Å². The molecule has 0 bridgehead atoms. The molecule has 0 spiro atoms. The van der Waals surface area contributed by atoms with E-state index in [9.17, 15) is 4.79 Å². The first kappa shape index (κ1) is 21.7. The number of hydrogen-bond acceptors (Lipinski definition) is 6. The van der Waals surface area contributed by atoms with E-state index < -0.39 is 0 Å². The largest absolute Gasteiger partial charge is 0.497 e. The Labute approximate surface area is 187 Å². The lowest BCUT2D eigenvalue weighted by atomic mass is 9.98. The van der Waals surface area contributed by atoms with Gasteiger partial charge in [-0.05, 0) is 54.8 Å². The molecule has 0 N–H and O–H groups in total. The minimum Gasteiger partial charge on any atom is -0.497 e. The summed E-state index contributed by atoms with van der Waals surface area (Å²) in [5.41, 5.74) is 1.13. The summed E-state index contributed by atoms with van der Waals surface area (Å²) in [6.07, 6.45) is 4.32. The third-order valence-electron chi connectivity index (χ3n) is 5.65. The Morgan fingerprint density at radius 3 is 2.38 bits per heavy atom. The van der Waals surface area contributed by atoms with Gasteiger partial charge in [0.2, 0.25) is 0 Å². The zero-order valence-corrected chi connectivity index (χ0v) is 18.5. The molecule has 7 nitrogen and oxygen atoms in total. The molecule has 3 aromatic rings. The van der Waals surface area contributed by atoms with Crippen molar-refractivity contribution in [1.82, 2.24) is 9.88 Å². The van der Waals surface area contributed by atoms with Gasteiger partial charge >= 0.3 is 0 Å². The van der Waals surface area contributed by atoms with E-state index in [-0.39, 0.29) is 18.4 Å². The predicted molar refractivity (Wildman–Crippen MR) is 119 cm³/mol. The number of likely N-dealkylation sites (tertiary alicyclic amines) is 1. The van der Waals surface area contributed by atoms with Gasteiger partial charge in [0.1, 0.15) is 23.0 Å². The van der Waals surface area contributed by atoms with Gasteiger partial charge in [-0.3, -0.25) is 4.79 Å². The van der Waals surface area contributed by atoms with Crippen molar-refractivity contribution in [2.75, 3.05) is 33.9 Å². The van der Waals surface area contributed by atoms with E-state index in [1.165, 1.54) is 0 Å². The number of carbonyl (C=O) groups excluding carboxylic acids is 1. The number of methoxy groups -OCH3 is 2. The molecule has 0 saturated carbocycles. The van der Waals surface area contributed by atoms with Gasteiger partial charge in [0.25, 0.3) is 5.91 Å². The molecule has 4 rings (SSSR count). The summed E-state index contributed by atoms with van der Waals surface area (Å²) in [5, 5.41) is 0. The Hall–Kier alpha value is -3.48. The zero-order chi connectivity index (χ0) is 22.3. The van der Waals surface area contributed by atoms with E-state index in [2.05, 4.69) is 4.98 Å². The average Bonchev–Trinajstić information content (AvgIpc) is 3.32. The number of oxazole rings is 1. The van der Waals surface area contributed by atoms with E-state index in [1.54, 1.807) is 32.5 Å². The Balaban J connectivity index is 1.31. The van der Waals surface area contributed by atoms with Crippen LogP contribution in [-0.4, -0.2) is 49.7 Å². The van der Waals surface area contributed by atoms with Crippen LogP contribution < -0.4 is 14.2 Å². The quantitative estimate of drug-likeness (QED) is 0.530. The van der Waals surface area contributed by atoms with Crippen LogP contribution in [-0.2, 0) is 11.2 Å². The van der Waals surface area contributed by atoms with Gasteiger partial charge in [0, 0.05) is 19.5 Å². The van der Waals surface area contributed by atoms with E-state index in [0.29, 0.717) is 24.6 Å². The van der Waals surface area contributed by atoms with Crippen LogP contribution in [0.15, 0.2) is 59.1 Å². The lowest BCUT2D eigenvalue weighted by molar-refractivity contribution is -0.134. The van der Waals surface area contributed by atoms with Crippen molar-refractivity contribution in [2.45, 2.75) is 25.2 Å². The smallest absolute Gasteiger partial charge is 0.260 e. The van der Waals surface area contributed by atoms with Crippen LogP contribution in [0.2, 0.25) is 0 Å². The maximum absolute atomic E-state index is 12.7. The fourth-order valence-electron chi connectivity index (χ4n) is 3.85. The van der Waals surface area contributed by atoms with Crippen LogP contribution in [0.4, 0.5) is 0 Å². The number of ether oxygens (including phenoxy) is 3. The third kappa shape index (κ3) is 5.41. The summed E-state index contributed by atoms with van der Waals surface area (Å²) in [6, 6.07) is 15.1. The molecule has 7 heteroatoms. The van der Waals surface area contributed by atoms with Gasteiger partial charge in [-0.2, -0.15) is 0 Å². The average molecular weight is 437 g/mol. The van der Waals surface area contributed by atoms with Gasteiger partial charge in [0.05, 0.1) is 26.3 Å². The topological polar surface area (TPSA) is 74.0 Å². The summed E-state index contributed by atoms with van der Waals surface area (Å²) in [5.74, 6) is 3.80. The lowest BCUT2D eigenvalue weighted by Gasteiger charge is -2.31. The first-order valence-electron chi connectivity index (χ1n) is 10.8. The molecule has 168 valence electrons. The summed E-state index contributed by atoms with van der Waals surface area (Å²) in [7, 11) is 3.27. The van der Waals surface area contributed by atoms with E-state index in [1.807, 2.05) is 41.3 Å². The highest BCUT2D eigenvalue weighted by atomic mass is 16.5. The monoisotopic (exact) mass is 436 g/mol. The fourth-order valence-corrected chi connectivity index (χ4v) is 3.85. The summed E-state index contributed by atoms with van der Waals surface area (Å²) < 4.78 is 22.0. The molecule has 0 radical (unpaired) electrons. The Morgan fingerprint density at radius 1 is 1.03 bits per heavy atom. The third-order valence-corrected chi connectivity index (χ3v) is 5.65. The number of hydrogen-bond donors (Lipinski definition) is 0. The Morgan fingerprint density at radius 2 is 1.69 bits per heavy atom. The van der Waals surface area contributed by atoms with Gasteiger partial charge in [-0.15, -0.1) is 0 Å². The molecule has 32 heavy (non-hydrogen) atoms. The lowest BCUT2D eigenvalue weighted by Crippen LogP contribution is -2.41. The van der Waals surface area contributed by atoms with Crippen LogP contribution in [0.3, 0.4) is 0 Å². The number of carbonyl (C=O) groups is 1. The molecule has 2 heterocycles. The van der Waals surface area contributed by atoms with Crippen molar-refractivity contribution in [3.63, 3.8) is 0 Å². The normalized spacial score (nSPS) is 15.9. The molecule has 1 amide bonds. The molecule has 1 fully saturated rings. The first-order valence-corrected chi connectivity index (χ1v) is 10.8. The minimum absolute atomic E-state index is 0.00729. The van der Waals surface area contributed by atoms with Crippen molar-refractivity contribution in [2.24, 2.45) is 0 Å². The summed E-state index contributed by atoms with van der Waals surface area (Å²) >= 11 is 0. The highest BCUT2D eigenvalue weighted by Crippen LogP contribution is 2.28. The number of nitrogens with zero attached hydrogens (tertiary/aromatic N) is 2. The molecular formula is C25H28N2O5. The standard InChI is InChI=1S/C25H28N2O5/c1-29-20-7-5-18(6-8-20)14-23-15-26-25(32-23)19-4-3-13-27(16-19)24(28)17-31-22-11-9-21(30-2)10-12-22/h5-12,15,19H,3-4,13-14,16-17H2,1-2H3/t19-/m0/s1. The summed E-state index contributed by atoms with van der Waals surface area (Å²) in [6.45, 7) is 1.32. The van der Waals surface area contributed by atoms with Gasteiger partial charge in [-0.1, -0.05) is 12.1 Å². The van der Waals surface area contributed by atoms with Crippen LogP contribution in [0.5, 0.6) is 17.2 Å². The van der Waals surface area contributed by atoms with Crippen molar-refractivity contribution < 1.29 is 23.4 Å². The van der Waals surface area contributed by atoms with Crippen molar-refractivity contribution in [3.05, 3.63) is 71.9 Å². The minimum atomic E-state index is -0.0319. The van der Waals surface area contributed by atoms with E-state index in [4.69, 9.17) is 18.6 Å². The first-order chi connectivity index (χ1) is 15.6. The predicted octanol–water partition coefficient (Wildman–Crippen LogP) is 4.07. The fraction of sp³-hybridized carbons (Fsp3) is 0.360. The maximum atomic E-state index is 12.7. The van der Waals surface area contributed by atoms with Crippen LogP contribution in [0.1, 0.15) is 36.0 Å². The molecule has 2 aromatic carbocycles. The second-order valence-corrected chi connectivity index (χ2v) is 7.83. The summed E-state index contributed by atoms with van der Waals surface area (Å²) in [4.78, 5) is 19.0. The highest BCUT2D eigenvalue weighted by molar-refractivity contribution is 5.78. The van der Waals surface area contributed by atoms with Crippen LogP contribution in [0.25, 0.3) is 0 Å². The molecule has 1 aliphatic rings. The Kier molecular flexibility index (Phi) is 6.94. The second kappa shape index (κ2) is 10.2. The maximum Gasteiger partial charge on any atom is 0.260 e. The number of rotatable bonds is 8. The van der Waals surface area contributed by atoms with Gasteiger partial charge in [0.15, 0.2) is 12.5 Å². The molecule has 1 atom stereocenters. The number of amides is 1. The second-order valence-electron chi connectivity index (χ2n) is 7.83. The van der Waals surface area contributed by atoms with Crippen LogP contribution in [0, 0.1) is 0 Å². The number of benzene rings is 2. The van der Waals surface area contributed by atoms with Crippen molar-refractivity contribution in [3.8, 4) is 17.2 Å². The van der Waals surface area contributed by atoms with Crippen LogP contribution >= 0.6 is 0 Å². The van der Waals surface area contributed by atoms with Crippen molar-refractivity contribution in [1.29, 1.82) is 0 Å².